The number of nitrogen functional groups attached to an aromatic ring is 1. The highest BCUT2D eigenvalue weighted by atomic mass is 16.1. The van der Waals surface area contributed by atoms with Crippen LogP contribution in [0.5, 0.6) is 0 Å². The molecule has 0 saturated carbocycles. The van der Waals surface area contributed by atoms with Crippen LogP contribution in [-0.4, -0.2) is 31.1 Å². The van der Waals surface area contributed by atoms with Crippen LogP contribution in [0.4, 0.5) is 5.82 Å². The number of nitrogens with two attached hydrogens (primary N) is 1. The SMILES string of the molecule is CCc1nnnn1-c1cc(C(=O)NCc2ccnc(N)c2)cc(-c2ccc(C)cc2)c1. The van der Waals surface area contributed by atoms with Crippen molar-refractivity contribution in [3.05, 3.63) is 83.3 Å². The van der Waals surface area contributed by atoms with Crippen molar-refractivity contribution in [2.45, 2.75) is 26.8 Å². The van der Waals surface area contributed by atoms with Gasteiger partial charge in [-0.1, -0.05) is 36.8 Å². The van der Waals surface area contributed by atoms with Gasteiger partial charge in [-0.05, 0) is 64.4 Å². The first-order chi connectivity index (χ1) is 15.0. The van der Waals surface area contributed by atoms with E-state index in [1.54, 1.807) is 23.0 Å². The van der Waals surface area contributed by atoms with Crippen LogP contribution in [0.1, 0.15) is 34.2 Å². The van der Waals surface area contributed by atoms with Crippen LogP contribution in [0.2, 0.25) is 0 Å². The molecule has 0 unspecified atom stereocenters. The lowest BCUT2D eigenvalue weighted by molar-refractivity contribution is 0.0951. The Kier molecular flexibility index (Phi) is 5.70. The number of hydrogen-bond acceptors (Lipinski definition) is 6. The van der Waals surface area contributed by atoms with E-state index in [-0.39, 0.29) is 5.91 Å². The minimum absolute atomic E-state index is 0.197. The Morgan fingerprint density at radius 1 is 1.06 bits per heavy atom. The average Bonchev–Trinajstić information content (AvgIpc) is 3.27. The third kappa shape index (κ3) is 4.58. The zero-order valence-electron chi connectivity index (χ0n) is 17.4. The highest BCUT2D eigenvalue weighted by Crippen LogP contribution is 2.25. The Labute approximate surface area is 180 Å². The minimum atomic E-state index is -0.197. The van der Waals surface area contributed by atoms with Crippen LogP contribution in [0.3, 0.4) is 0 Å². The van der Waals surface area contributed by atoms with Crippen molar-refractivity contribution in [3.63, 3.8) is 0 Å². The molecule has 0 aliphatic heterocycles. The fraction of sp³-hybridized carbons (Fsp3) is 0.174. The molecule has 1 amide bonds. The van der Waals surface area contributed by atoms with Crippen molar-refractivity contribution in [3.8, 4) is 16.8 Å². The van der Waals surface area contributed by atoms with Crippen molar-refractivity contribution in [2.75, 3.05) is 5.73 Å². The molecule has 2 aromatic carbocycles. The molecular formula is C23H23N7O. The van der Waals surface area contributed by atoms with E-state index < -0.39 is 0 Å². The molecule has 2 aromatic heterocycles. The third-order valence-corrected chi connectivity index (χ3v) is 4.96. The molecule has 0 atom stereocenters. The van der Waals surface area contributed by atoms with E-state index in [0.29, 0.717) is 24.3 Å². The van der Waals surface area contributed by atoms with E-state index in [2.05, 4.69) is 25.8 Å². The lowest BCUT2D eigenvalue weighted by Crippen LogP contribution is -2.23. The number of tetrazole rings is 1. The van der Waals surface area contributed by atoms with Crippen LogP contribution in [0.15, 0.2) is 60.8 Å². The van der Waals surface area contributed by atoms with E-state index in [1.807, 2.05) is 56.3 Å². The monoisotopic (exact) mass is 413 g/mol. The molecule has 0 bridgehead atoms. The Balaban J connectivity index is 1.70. The molecule has 0 fully saturated rings. The van der Waals surface area contributed by atoms with E-state index in [4.69, 9.17) is 5.73 Å². The van der Waals surface area contributed by atoms with Crippen LogP contribution in [-0.2, 0) is 13.0 Å². The lowest BCUT2D eigenvalue weighted by Gasteiger charge is -2.12. The van der Waals surface area contributed by atoms with Gasteiger partial charge in [-0.3, -0.25) is 4.79 Å². The third-order valence-electron chi connectivity index (χ3n) is 4.96. The smallest absolute Gasteiger partial charge is 0.251 e. The van der Waals surface area contributed by atoms with Gasteiger partial charge in [0, 0.05) is 24.7 Å². The Bertz CT molecular complexity index is 1210. The summed E-state index contributed by atoms with van der Waals surface area (Å²) >= 11 is 0. The summed E-state index contributed by atoms with van der Waals surface area (Å²) in [6, 6.07) is 17.4. The first kappa shape index (κ1) is 20.2. The van der Waals surface area contributed by atoms with E-state index >= 15 is 0 Å². The van der Waals surface area contributed by atoms with Gasteiger partial charge in [0.2, 0.25) is 0 Å². The number of hydrogen-bond donors (Lipinski definition) is 2. The molecule has 4 aromatic rings. The molecule has 4 rings (SSSR count). The molecule has 0 saturated heterocycles. The standard InChI is InChI=1S/C23H23N7O/c1-3-22-27-28-29-30(22)20-12-18(17-6-4-15(2)5-7-17)11-19(13-20)23(31)26-14-16-8-9-25-21(24)10-16/h4-13H,3,14H2,1-2H3,(H2,24,25)(H,26,31). The first-order valence-corrected chi connectivity index (χ1v) is 10.0. The number of nitrogens with zero attached hydrogens (tertiary/aromatic N) is 5. The van der Waals surface area contributed by atoms with Crippen LogP contribution in [0, 0.1) is 6.92 Å². The van der Waals surface area contributed by atoms with E-state index in [9.17, 15) is 4.79 Å². The van der Waals surface area contributed by atoms with Gasteiger partial charge in [0.15, 0.2) is 5.82 Å². The van der Waals surface area contributed by atoms with Crippen molar-refractivity contribution in [1.82, 2.24) is 30.5 Å². The number of anilines is 1. The van der Waals surface area contributed by atoms with Crippen molar-refractivity contribution < 1.29 is 4.79 Å². The Morgan fingerprint density at radius 3 is 2.61 bits per heavy atom. The highest BCUT2D eigenvalue weighted by molar-refractivity contribution is 5.96. The summed E-state index contributed by atoms with van der Waals surface area (Å²) in [6.45, 7) is 4.38. The minimum Gasteiger partial charge on any atom is -0.384 e. The molecule has 8 nitrogen and oxygen atoms in total. The maximum absolute atomic E-state index is 13.0. The van der Waals surface area contributed by atoms with Crippen LogP contribution >= 0.6 is 0 Å². The molecule has 2 heterocycles. The summed E-state index contributed by atoms with van der Waals surface area (Å²) in [5, 5.41) is 14.9. The summed E-state index contributed by atoms with van der Waals surface area (Å²) in [7, 11) is 0. The molecule has 0 spiro atoms. The second-order valence-corrected chi connectivity index (χ2v) is 7.27. The van der Waals surface area contributed by atoms with Crippen molar-refractivity contribution in [1.29, 1.82) is 0 Å². The first-order valence-electron chi connectivity index (χ1n) is 10.0. The maximum Gasteiger partial charge on any atom is 0.251 e. The largest absolute Gasteiger partial charge is 0.384 e. The summed E-state index contributed by atoms with van der Waals surface area (Å²) in [6.07, 6.45) is 2.30. The van der Waals surface area contributed by atoms with Gasteiger partial charge in [0.05, 0.1) is 5.69 Å². The zero-order chi connectivity index (χ0) is 21.8. The number of nitrogens with one attached hydrogen (secondary N) is 1. The number of aromatic nitrogens is 5. The molecule has 0 aliphatic rings. The number of rotatable bonds is 6. The predicted octanol–water partition coefficient (Wildman–Crippen LogP) is 3.11. The molecule has 3 N–H and O–H groups in total. The fourth-order valence-corrected chi connectivity index (χ4v) is 3.29. The second-order valence-electron chi connectivity index (χ2n) is 7.27. The quantitative estimate of drug-likeness (QED) is 0.502. The van der Waals surface area contributed by atoms with Crippen LogP contribution < -0.4 is 11.1 Å². The molecule has 31 heavy (non-hydrogen) atoms. The van der Waals surface area contributed by atoms with Gasteiger partial charge in [0.1, 0.15) is 5.82 Å². The fourth-order valence-electron chi connectivity index (χ4n) is 3.29. The number of carbonyl (C=O) groups excluding carboxylic acids is 1. The lowest BCUT2D eigenvalue weighted by atomic mass is 10.0. The average molecular weight is 413 g/mol. The summed E-state index contributed by atoms with van der Waals surface area (Å²) in [5.41, 5.74) is 11.0. The van der Waals surface area contributed by atoms with Gasteiger partial charge in [-0.2, -0.15) is 4.68 Å². The van der Waals surface area contributed by atoms with Crippen molar-refractivity contribution in [2.24, 2.45) is 0 Å². The zero-order valence-corrected chi connectivity index (χ0v) is 17.4. The van der Waals surface area contributed by atoms with Gasteiger partial charge >= 0.3 is 0 Å². The summed E-state index contributed by atoms with van der Waals surface area (Å²) in [5.74, 6) is 0.942. The highest BCUT2D eigenvalue weighted by Gasteiger charge is 2.14. The van der Waals surface area contributed by atoms with Gasteiger partial charge < -0.3 is 11.1 Å². The van der Waals surface area contributed by atoms with Gasteiger partial charge in [0.25, 0.3) is 5.91 Å². The number of amides is 1. The molecule has 0 radical (unpaired) electrons. The second kappa shape index (κ2) is 8.74. The predicted molar refractivity (Wildman–Crippen MR) is 119 cm³/mol. The Morgan fingerprint density at radius 2 is 1.87 bits per heavy atom. The number of benzene rings is 2. The van der Waals surface area contributed by atoms with Gasteiger partial charge in [-0.15, -0.1) is 5.10 Å². The molecule has 0 aliphatic carbocycles. The maximum atomic E-state index is 13.0. The number of aryl methyl sites for hydroxylation is 2. The topological polar surface area (TPSA) is 112 Å². The van der Waals surface area contributed by atoms with Crippen molar-refractivity contribution >= 4 is 11.7 Å². The number of pyridine rings is 1. The van der Waals surface area contributed by atoms with Crippen LogP contribution in [0.25, 0.3) is 16.8 Å². The van der Waals surface area contributed by atoms with E-state index in [1.165, 1.54) is 5.56 Å². The van der Waals surface area contributed by atoms with Gasteiger partial charge in [-0.25, -0.2) is 4.98 Å². The number of carbonyl (C=O) groups is 1. The summed E-state index contributed by atoms with van der Waals surface area (Å²) in [4.78, 5) is 17.0. The summed E-state index contributed by atoms with van der Waals surface area (Å²) < 4.78 is 1.66. The molecule has 156 valence electrons. The molecular weight excluding hydrogens is 390 g/mol. The Hall–Kier alpha value is -4.07. The normalized spacial score (nSPS) is 10.8. The van der Waals surface area contributed by atoms with E-state index in [0.717, 1.165) is 28.2 Å². The molecule has 8 heteroatoms.